The van der Waals surface area contributed by atoms with Crippen LogP contribution in [0.4, 0.5) is 0 Å². The van der Waals surface area contributed by atoms with Gasteiger partial charge in [-0.1, -0.05) is 6.92 Å². The number of carbonyl (C=O) groups excluding carboxylic acids is 1. The summed E-state index contributed by atoms with van der Waals surface area (Å²) in [5, 5.41) is 0. The van der Waals surface area contributed by atoms with E-state index in [2.05, 4.69) is 4.90 Å². The fraction of sp³-hybridized carbons (Fsp3) is 0.643. The van der Waals surface area contributed by atoms with Crippen LogP contribution in [0.25, 0.3) is 0 Å². The van der Waals surface area contributed by atoms with E-state index in [1.165, 1.54) is 0 Å². The number of aryl methyl sites for hydroxylation is 1. The number of hydrogen-bond acceptors (Lipinski definition) is 3. The van der Waals surface area contributed by atoms with Gasteiger partial charge in [0.25, 0.3) is 0 Å². The van der Waals surface area contributed by atoms with Crippen molar-refractivity contribution in [2.75, 3.05) is 27.2 Å². The van der Waals surface area contributed by atoms with Crippen LogP contribution in [0.1, 0.15) is 31.3 Å². The molecule has 0 radical (unpaired) electrons. The summed E-state index contributed by atoms with van der Waals surface area (Å²) in [5.74, 6) is 1.95. The molecule has 0 aliphatic rings. The highest BCUT2D eigenvalue weighted by Crippen LogP contribution is 2.11. The molecule has 0 saturated heterocycles. The molecule has 0 bridgehead atoms. The molecule has 4 nitrogen and oxygen atoms in total. The first kappa shape index (κ1) is 14.8. The van der Waals surface area contributed by atoms with E-state index < -0.39 is 0 Å². The first-order valence-corrected chi connectivity index (χ1v) is 6.50. The van der Waals surface area contributed by atoms with E-state index in [0.717, 1.165) is 31.0 Å². The molecule has 0 spiro atoms. The highest BCUT2D eigenvalue weighted by Gasteiger charge is 2.14. The summed E-state index contributed by atoms with van der Waals surface area (Å²) in [4.78, 5) is 16.0. The number of carbonyl (C=O) groups is 1. The van der Waals surface area contributed by atoms with Crippen LogP contribution in [-0.2, 0) is 11.3 Å². The Labute approximate surface area is 110 Å². The van der Waals surface area contributed by atoms with Gasteiger partial charge in [0.05, 0.1) is 6.54 Å². The molecule has 18 heavy (non-hydrogen) atoms. The van der Waals surface area contributed by atoms with E-state index in [1.807, 2.05) is 45.0 Å². The van der Waals surface area contributed by atoms with Gasteiger partial charge in [0.15, 0.2) is 0 Å². The monoisotopic (exact) mass is 252 g/mol. The Morgan fingerprint density at radius 3 is 2.50 bits per heavy atom. The van der Waals surface area contributed by atoms with Crippen molar-refractivity contribution in [1.82, 2.24) is 9.80 Å². The highest BCUT2D eigenvalue weighted by atomic mass is 16.3. The second-order valence-electron chi connectivity index (χ2n) is 4.88. The topological polar surface area (TPSA) is 36.7 Å². The Morgan fingerprint density at radius 2 is 2.00 bits per heavy atom. The fourth-order valence-electron chi connectivity index (χ4n) is 1.74. The van der Waals surface area contributed by atoms with E-state index >= 15 is 0 Å². The second-order valence-corrected chi connectivity index (χ2v) is 4.88. The van der Waals surface area contributed by atoms with Gasteiger partial charge in [0.1, 0.15) is 11.5 Å². The van der Waals surface area contributed by atoms with Crippen molar-refractivity contribution in [2.45, 2.75) is 33.2 Å². The number of amides is 1. The molecule has 0 N–H and O–H groups in total. The molecule has 0 aliphatic heterocycles. The van der Waals surface area contributed by atoms with Crippen molar-refractivity contribution in [1.29, 1.82) is 0 Å². The van der Waals surface area contributed by atoms with Crippen LogP contribution in [0, 0.1) is 6.92 Å². The van der Waals surface area contributed by atoms with Gasteiger partial charge < -0.3 is 14.2 Å². The molecule has 0 fully saturated rings. The third kappa shape index (κ3) is 4.92. The number of rotatable bonds is 7. The van der Waals surface area contributed by atoms with Gasteiger partial charge in [-0.2, -0.15) is 0 Å². The van der Waals surface area contributed by atoms with Crippen LogP contribution in [0.3, 0.4) is 0 Å². The molecule has 1 amide bonds. The van der Waals surface area contributed by atoms with E-state index in [0.29, 0.717) is 13.0 Å². The van der Waals surface area contributed by atoms with E-state index in [9.17, 15) is 4.79 Å². The summed E-state index contributed by atoms with van der Waals surface area (Å²) < 4.78 is 5.54. The van der Waals surface area contributed by atoms with Gasteiger partial charge in [-0.25, -0.2) is 0 Å². The molecule has 1 rings (SSSR count). The van der Waals surface area contributed by atoms with Crippen molar-refractivity contribution in [3.05, 3.63) is 23.7 Å². The zero-order chi connectivity index (χ0) is 13.5. The van der Waals surface area contributed by atoms with E-state index in [1.54, 1.807) is 0 Å². The highest BCUT2D eigenvalue weighted by molar-refractivity contribution is 5.76. The minimum atomic E-state index is 0.202. The predicted octanol–water partition coefficient (Wildman–Crippen LogP) is 2.28. The average molecular weight is 252 g/mol. The van der Waals surface area contributed by atoms with E-state index in [-0.39, 0.29) is 5.91 Å². The third-order valence-electron chi connectivity index (χ3n) is 2.78. The summed E-state index contributed by atoms with van der Waals surface area (Å²) in [6.45, 7) is 6.13. The Morgan fingerprint density at radius 1 is 1.28 bits per heavy atom. The summed E-state index contributed by atoms with van der Waals surface area (Å²) in [6.07, 6.45) is 1.49. The molecule has 4 heteroatoms. The summed E-state index contributed by atoms with van der Waals surface area (Å²) in [5.41, 5.74) is 0. The van der Waals surface area contributed by atoms with Gasteiger partial charge >= 0.3 is 0 Å². The van der Waals surface area contributed by atoms with Gasteiger partial charge in [-0.05, 0) is 39.6 Å². The van der Waals surface area contributed by atoms with Crippen molar-refractivity contribution < 1.29 is 9.21 Å². The Bertz CT molecular complexity index is 372. The van der Waals surface area contributed by atoms with Crippen LogP contribution in [0.15, 0.2) is 16.5 Å². The molecular weight excluding hydrogens is 228 g/mol. The van der Waals surface area contributed by atoms with Gasteiger partial charge in [0.2, 0.25) is 5.91 Å². The number of nitrogens with zero attached hydrogens (tertiary/aromatic N) is 2. The van der Waals surface area contributed by atoms with Crippen LogP contribution in [0.5, 0.6) is 0 Å². The summed E-state index contributed by atoms with van der Waals surface area (Å²) >= 11 is 0. The Balaban J connectivity index is 2.61. The van der Waals surface area contributed by atoms with Crippen LogP contribution in [0.2, 0.25) is 0 Å². The number of furan rings is 1. The molecule has 0 aromatic carbocycles. The molecule has 1 aromatic heterocycles. The number of likely N-dealkylation sites (N-methyl/N-ethyl adjacent to an activating group) is 1. The fourth-order valence-corrected chi connectivity index (χ4v) is 1.74. The average Bonchev–Trinajstić information content (AvgIpc) is 2.70. The maximum absolute atomic E-state index is 12.0. The van der Waals surface area contributed by atoms with E-state index in [4.69, 9.17) is 4.42 Å². The van der Waals surface area contributed by atoms with Crippen LogP contribution < -0.4 is 0 Å². The Hall–Kier alpha value is -1.29. The van der Waals surface area contributed by atoms with Crippen LogP contribution >= 0.6 is 0 Å². The largest absolute Gasteiger partial charge is 0.464 e. The zero-order valence-electron chi connectivity index (χ0n) is 11.9. The maximum atomic E-state index is 12.0. The molecule has 102 valence electrons. The quantitative estimate of drug-likeness (QED) is 0.747. The maximum Gasteiger partial charge on any atom is 0.223 e. The Kier molecular flexibility index (Phi) is 5.92. The van der Waals surface area contributed by atoms with Crippen molar-refractivity contribution >= 4 is 5.91 Å². The summed E-state index contributed by atoms with van der Waals surface area (Å²) in [7, 11) is 4.03. The lowest BCUT2D eigenvalue weighted by Gasteiger charge is -2.23. The van der Waals surface area contributed by atoms with Crippen molar-refractivity contribution in [3.63, 3.8) is 0 Å². The lowest BCUT2D eigenvalue weighted by Crippen LogP contribution is -2.35. The SMILES string of the molecule is CCCC(=O)N(CCN(C)C)Cc1ccc(C)o1. The first-order valence-electron chi connectivity index (χ1n) is 6.50. The summed E-state index contributed by atoms with van der Waals surface area (Å²) in [6, 6.07) is 3.88. The molecule has 0 aliphatic carbocycles. The normalized spacial score (nSPS) is 10.9. The molecule has 0 saturated carbocycles. The van der Waals surface area contributed by atoms with Gasteiger partial charge in [-0.15, -0.1) is 0 Å². The molecule has 0 atom stereocenters. The number of hydrogen-bond donors (Lipinski definition) is 0. The third-order valence-corrected chi connectivity index (χ3v) is 2.78. The minimum absolute atomic E-state index is 0.202. The molecular formula is C14H24N2O2. The molecule has 0 unspecified atom stereocenters. The zero-order valence-corrected chi connectivity index (χ0v) is 11.9. The lowest BCUT2D eigenvalue weighted by molar-refractivity contribution is -0.132. The smallest absolute Gasteiger partial charge is 0.223 e. The van der Waals surface area contributed by atoms with Crippen molar-refractivity contribution in [3.8, 4) is 0 Å². The molecule has 1 aromatic rings. The first-order chi connectivity index (χ1) is 8.52. The van der Waals surface area contributed by atoms with Gasteiger partial charge in [-0.3, -0.25) is 4.79 Å². The standard InChI is InChI=1S/C14H24N2O2/c1-5-6-14(17)16(10-9-15(3)4)11-13-8-7-12(2)18-13/h7-8H,5-6,9-11H2,1-4H3. The minimum Gasteiger partial charge on any atom is -0.464 e. The predicted molar refractivity (Wildman–Crippen MR) is 72.3 cm³/mol. The lowest BCUT2D eigenvalue weighted by atomic mass is 10.2. The van der Waals surface area contributed by atoms with Crippen molar-refractivity contribution in [2.24, 2.45) is 0 Å². The van der Waals surface area contributed by atoms with Crippen LogP contribution in [-0.4, -0.2) is 42.9 Å². The second kappa shape index (κ2) is 7.21. The molecule has 1 heterocycles. The van der Waals surface area contributed by atoms with Gasteiger partial charge in [0, 0.05) is 19.5 Å².